The number of thiocarbonyl (C=S) groups is 1. The summed E-state index contributed by atoms with van der Waals surface area (Å²) in [6.45, 7) is 0.210. The van der Waals surface area contributed by atoms with E-state index in [0.717, 1.165) is 15.8 Å². The Morgan fingerprint density at radius 1 is 1.21 bits per heavy atom. The van der Waals surface area contributed by atoms with Gasteiger partial charge in [0.2, 0.25) is 5.91 Å². The zero-order valence-corrected chi connectivity index (χ0v) is 18.1. The molecule has 2 heterocycles. The van der Waals surface area contributed by atoms with Gasteiger partial charge in [0.05, 0.1) is 15.1 Å². The summed E-state index contributed by atoms with van der Waals surface area (Å²) in [7, 11) is 0. The van der Waals surface area contributed by atoms with E-state index >= 15 is 0 Å². The molecular formula is C20H14ClN3O2S3. The first-order valence-corrected chi connectivity index (χ1v) is 11.1. The van der Waals surface area contributed by atoms with E-state index < -0.39 is 0 Å². The predicted molar refractivity (Wildman–Crippen MR) is 124 cm³/mol. The number of halogens is 1. The van der Waals surface area contributed by atoms with Gasteiger partial charge in [0.15, 0.2) is 5.13 Å². The van der Waals surface area contributed by atoms with Gasteiger partial charge < -0.3 is 5.32 Å². The number of thiazole rings is 1. The molecule has 1 aliphatic rings. The van der Waals surface area contributed by atoms with Crippen LogP contribution in [0.4, 0.5) is 5.13 Å². The van der Waals surface area contributed by atoms with Crippen molar-refractivity contribution >= 4 is 84.5 Å². The number of rotatable bonds is 5. The number of carbonyl (C=O) groups is 2. The Kier molecular flexibility index (Phi) is 5.96. The average Bonchev–Trinajstić information content (AvgIpc) is 3.22. The number of thioether (sulfide) groups is 1. The molecule has 1 fully saturated rings. The summed E-state index contributed by atoms with van der Waals surface area (Å²) in [5.74, 6) is -0.430. The average molecular weight is 460 g/mol. The van der Waals surface area contributed by atoms with Crippen molar-refractivity contribution in [3.05, 3.63) is 64.0 Å². The lowest BCUT2D eigenvalue weighted by Crippen LogP contribution is -2.31. The third-order valence-corrected chi connectivity index (χ3v) is 6.84. The monoisotopic (exact) mass is 459 g/mol. The number of nitrogens with zero attached hydrogens (tertiary/aromatic N) is 2. The van der Waals surface area contributed by atoms with E-state index in [-0.39, 0.29) is 24.8 Å². The Balaban J connectivity index is 1.39. The van der Waals surface area contributed by atoms with Gasteiger partial charge in [-0.05, 0) is 29.8 Å². The highest BCUT2D eigenvalue weighted by atomic mass is 35.5. The molecule has 2 amide bonds. The van der Waals surface area contributed by atoms with Gasteiger partial charge in [-0.15, -0.1) is 0 Å². The molecule has 3 aromatic rings. The zero-order chi connectivity index (χ0) is 20.4. The number of hydrogen-bond acceptors (Lipinski definition) is 6. The van der Waals surface area contributed by atoms with Crippen molar-refractivity contribution < 1.29 is 9.59 Å². The van der Waals surface area contributed by atoms with E-state index in [9.17, 15) is 9.59 Å². The molecule has 1 aliphatic heterocycles. The maximum Gasteiger partial charge on any atom is 0.266 e. The Hall–Kier alpha value is -2.26. The summed E-state index contributed by atoms with van der Waals surface area (Å²) in [6, 6.07) is 15.0. The lowest BCUT2D eigenvalue weighted by Gasteiger charge is -2.13. The van der Waals surface area contributed by atoms with E-state index in [1.54, 1.807) is 12.1 Å². The number of hydrogen-bond donors (Lipinski definition) is 1. The number of fused-ring (bicyclic) bond motifs is 1. The van der Waals surface area contributed by atoms with E-state index in [1.165, 1.54) is 28.0 Å². The van der Waals surface area contributed by atoms with Crippen molar-refractivity contribution in [3.63, 3.8) is 0 Å². The van der Waals surface area contributed by atoms with Crippen LogP contribution in [0.5, 0.6) is 0 Å². The summed E-state index contributed by atoms with van der Waals surface area (Å²) < 4.78 is 1.44. The van der Waals surface area contributed by atoms with Crippen molar-refractivity contribution in [1.29, 1.82) is 0 Å². The molecule has 9 heteroatoms. The fraction of sp³-hybridized carbons (Fsp3) is 0.100. The third-order valence-electron chi connectivity index (χ3n) is 4.17. The number of nitrogens with one attached hydrogen (secondary N) is 1. The molecule has 0 aliphatic carbocycles. The number of anilines is 1. The lowest BCUT2D eigenvalue weighted by atomic mass is 10.2. The summed E-state index contributed by atoms with van der Waals surface area (Å²) in [5, 5.41) is 3.90. The summed E-state index contributed by atoms with van der Waals surface area (Å²) in [4.78, 5) is 31.3. The molecule has 0 spiro atoms. The molecule has 0 bridgehead atoms. The van der Waals surface area contributed by atoms with Crippen LogP contribution in [-0.4, -0.2) is 32.6 Å². The van der Waals surface area contributed by atoms with Gasteiger partial charge in [0.25, 0.3) is 5.91 Å². The quantitative estimate of drug-likeness (QED) is 0.420. The first-order valence-electron chi connectivity index (χ1n) is 8.66. The van der Waals surface area contributed by atoms with Gasteiger partial charge >= 0.3 is 0 Å². The van der Waals surface area contributed by atoms with Crippen molar-refractivity contribution in [1.82, 2.24) is 9.88 Å². The SMILES string of the molecule is O=C(CCN1C(=O)C(=Cc2ccccc2Cl)SC1=S)Nc1nc2ccccc2s1. The molecule has 4 rings (SSSR count). The Morgan fingerprint density at radius 3 is 2.76 bits per heavy atom. The second-order valence-corrected chi connectivity index (χ2v) is 9.25. The first-order chi connectivity index (χ1) is 14.0. The maximum absolute atomic E-state index is 12.7. The van der Waals surface area contributed by atoms with Gasteiger partial charge in [0.1, 0.15) is 4.32 Å². The number of benzene rings is 2. The fourth-order valence-electron chi connectivity index (χ4n) is 2.75. The van der Waals surface area contributed by atoms with Gasteiger partial charge in [-0.2, -0.15) is 0 Å². The lowest BCUT2D eigenvalue weighted by molar-refractivity contribution is -0.122. The van der Waals surface area contributed by atoms with Crippen molar-refractivity contribution in [3.8, 4) is 0 Å². The first kappa shape index (κ1) is 20.0. The van der Waals surface area contributed by atoms with Crippen LogP contribution in [0.2, 0.25) is 5.02 Å². The van der Waals surface area contributed by atoms with Crippen LogP contribution in [0.3, 0.4) is 0 Å². The summed E-state index contributed by atoms with van der Waals surface area (Å²) in [6.07, 6.45) is 1.85. The minimum absolute atomic E-state index is 0.127. The van der Waals surface area contributed by atoms with Crippen molar-refractivity contribution in [2.75, 3.05) is 11.9 Å². The molecule has 146 valence electrons. The molecule has 0 atom stereocenters. The smallest absolute Gasteiger partial charge is 0.266 e. The Labute approximate surface area is 185 Å². The standard InChI is InChI=1S/C20H14ClN3O2S3/c21-13-6-2-1-5-12(13)11-16-18(26)24(20(27)29-16)10-9-17(25)23-19-22-14-7-3-4-8-15(14)28-19/h1-8,11H,9-10H2,(H,22,23,25). The fourth-order valence-corrected chi connectivity index (χ4v) is 5.12. The van der Waals surface area contributed by atoms with Gasteiger partial charge in [-0.3, -0.25) is 14.5 Å². The second-order valence-electron chi connectivity index (χ2n) is 6.14. The minimum Gasteiger partial charge on any atom is -0.302 e. The van der Waals surface area contributed by atoms with Crippen LogP contribution in [0, 0.1) is 0 Å². The van der Waals surface area contributed by atoms with Gasteiger partial charge in [-0.1, -0.05) is 77.2 Å². The molecule has 0 unspecified atom stereocenters. The third kappa shape index (κ3) is 4.51. The van der Waals surface area contributed by atoms with E-state index in [2.05, 4.69) is 10.3 Å². The number of carbonyl (C=O) groups excluding carboxylic acids is 2. The van der Waals surface area contributed by atoms with Gasteiger partial charge in [0, 0.05) is 18.0 Å². The van der Waals surface area contributed by atoms with E-state index in [0.29, 0.717) is 19.4 Å². The van der Waals surface area contributed by atoms with E-state index in [4.69, 9.17) is 23.8 Å². The van der Waals surface area contributed by atoms with Crippen LogP contribution in [-0.2, 0) is 9.59 Å². The number of amides is 2. The van der Waals surface area contributed by atoms with Crippen LogP contribution in [0.1, 0.15) is 12.0 Å². The molecule has 29 heavy (non-hydrogen) atoms. The molecule has 1 aromatic heterocycles. The van der Waals surface area contributed by atoms with Crippen LogP contribution in [0.25, 0.3) is 16.3 Å². The molecule has 1 saturated heterocycles. The number of aromatic nitrogens is 1. The predicted octanol–water partition coefficient (Wildman–Crippen LogP) is 5.18. The minimum atomic E-state index is -0.215. The van der Waals surface area contributed by atoms with Crippen LogP contribution < -0.4 is 5.32 Å². The highest BCUT2D eigenvalue weighted by Crippen LogP contribution is 2.34. The molecular weight excluding hydrogens is 446 g/mol. The normalized spacial score (nSPS) is 15.5. The molecule has 2 aromatic carbocycles. The Bertz CT molecular complexity index is 1130. The van der Waals surface area contributed by atoms with Crippen LogP contribution >= 0.6 is 46.9 Å². The molecule has 5 nitrogen and oxygen atoms in total. The topological polar surface area (TPSA) is 62.3 Å². The molecule has 0 radical (unpaired) electrons. The van der Waals surface area contributed by atoms with Crippen molar-refractivity contribution in [2.45, 2.75) is 6.42 Å². The number of para-hydroxylation sites is 1. The highest BCUT2D eigenvalue weighted by Gasteiger charge is 2.32. The summed E-state index contributed by atoms with van der Waals surface area (Å²) >= 11 is 14.1. The summed E-state index contributed by atoms with van der Waals surface area (Å²) in [5.41, 5.74) is 1.60. The zero-order valence-electron chi connectivity index (χ0n) is 14.9. The Morgan fingerprint density at radius 2 is 1.97 bits per heavy atom. The molecule has 0 saturated carbocycles. The van der Waals surface area contributed by atoms with Crippen LogP contribution in [0.15, 0.2) is 53.4 Å². The second kappa shape index (κ2) is 8.62. The van der Waals surface area contributed by atoms with Gasteiger partial charge in [-0.25, -0.2) is 4.98 Å². The highest BCUT2D eigenvalue weighted by molar-refractivity contribution is 8.26. The van der Waals surface area contributed by atoms with E-state index in [1.807, 2.05) is 42.5 Å². The largest absolute Gasteiger partial charge is 0.302 e. The molecule has 1 N–H and O–H groups in total. The maximum atomic E-state index is 12.7. The van der Waals surface area contributed by atoms with Crippen molar-refractivity contribution in [2.24, 2.45) is 0 Å².